The lowest BCUT2D eigenvalue weighted by Gasteiger charge is -2.27. The molecular weight excluding hydrogens is 188 g/mol. The monoisotopic (exact) mass is 212 g/mol. The molecule has 2 heteroatoms. The molecule has 14 heavy (non-hydrogen) atoms. The molecular formula is C12H24OSi. The molecule has 0 saturated carbocycles. The van der Waals surface area contributed by atoms with Crippen LogP contribution >= 0.6 is 0 Å². The molecule has 0 radical (unpaired) electrons. The van der Waals surface area contributed by atoms with E-state index in [9.17, 15) is 0 Å². The van der Waals surface area contributed by atoms with Crippen molar-refractivity contribution in [3.8, 4) is 0 Å². The van der Waals surface area contributed by atoms with Crippen LogP contribution < -0.4 is 0 Å². The Bertz CT molecular complexity index is 213. The predicted molar refractivity (Wildman–Crippen MR) is 64.8 cm³/mol. The molecule has 0 aromatic carbocycles. The number of hydrogen-bond donors (Lipinski definition) is 0. The second-order valence-corrected chi connectivity index (χ2v) is 9.63. The van der Waals surface area contributed by atoms with E-state index in [-0.39, 0.29) is 0 Å². The van der Waals surface area contributed by atoms with Gasteiger partial charge >= 0.3 is 0 Å². The molecule has 0 amide bonds. The van der Waals surface area contributed by atoms with E-state index in [4.69, 9.17) is 4.43 Å². The molecule has 0 aromatic heterocycles. The lowest BCUT2D eigenvalue weighted by Crippen LogP contribution is -2.26. The van der Waals surface area contributed by atoms with Gasteiger partial charge < -0.3 is 4.43 Å². The highest BCUT2D eigenvalue weighted by Gasteiger charge is 2.21. The predicted octanol–water partition coefficient (Wildman–Crippen LogP) is 4.47. The summed E-state index contributed by atoms with van der Waals surface area (Å²) in [6.45, 7) is 9.09. The molecule has 0 spiro atoms. The average molecular weight is 212 g/mol. The lowest BCUT2D eigenvalue weighted by atomic mass is 9.95. The second kappa shape index (κ2) is 5.01. The van der Waals surface area contributed by atoms with Crippen molar-refractivity contribution in [3.05, 3.63) is 11.3 Å². The summed E-state index contributed by atoms with van der Waals surface area (Å²) < 4.78 is 6.16. The van der Waals surface area contributed by atoms with E-state index in [1.807, 2.05) is 0 Å². The molecule has 1 rings (SSSR count). The maximum absolute atomic E-state index is 6.16. The van der Waals surface area contributed by atoms with Crippen molar-refractivity contribution in [3.63, 3.8) is 0 Å². The van der Waals surface area contributed by atoms with Gasteiger partial charge in [0.05, 0.1) is 5.76 Å². The Kier molecular flexibility index (Phi) is 4.23. The molecule has 0 saturated heterocycles. The lowest BCUT2D eigenvalue weighted by molar-refractivity contribution is 0.366. The van der Waals surface area contributed by atoms with Crippen molar-refractivity contribution in [2.45, 2.75) is 65.1 Å². The van der Waals surface area contributed by atoms with Gasteiger partial charge in [-0.1, -0.05) is 13.3 Å². The van der Waals surface area contributed by atoms with Gasteiger partial charge in [0, 0.05) is 6.42 Å². The molecule has 0 aliphatic heterocycles. The van der Waals surface area contributed by atoms with Gasteiger partial charge in [0.2, 0.25) is 8.32 Å². The van der Waals surface area contributed by atoms with Crippen LogP contribution in [0.15, 0.2) is 11.3 Å². The van der Waals surface area contributed by atoms with Crippen molar-refractivity contribution in [1.29, 1.82) is 0 Å². The van der Waals surface area contributed by atoms with Crippen molar-refractivity contribution < 1.29 is 4.43 Å². The zero-order valence-corrected chi connectivity index (χ0v) is 11.2. The molecule has 1 aliphatic carbocycles. The van der Waals surface area contributed by atoms with E-state index in [2.05, 4.69) is 26.6 Å². The van der Waals surface area contributed by atoms with Crippen LogP contribution in [-0.2, 0) is 4.43 Å². The fraction of sp³-hybridized carbons (Fsp3) is 0.833. The SMILES string of the molecule is CCCC1=C(O[Si](C)(C)C)CCCC1. The van der Waals surface area contributed by atoms with Gasteiger partial charge in [-0.05, 0) is 50.9 Å². The molecule has 0 fully saturated rings. The maximum Gasteiger partial charge on any atom is 0.241 e. The van der Waals surface area contributed by atoms with Crippen LogP contribution in [0.3, 0.4) is 0 Å². The van der Waals surface area contributed by atoms with Crippen molar-refractivity contribution >= 4 is 8.32 Å². The Morgan fingerprint density at radius 3 is 2.36 bits per heavy atom. The van der Waals surface area contributed by atoms with Gasteiger partial charge in [0.1, 0.15) is 0 Å². The van der Waals surface area contributed by atoms with E-state index < -0.39 is 8.32 Å². The second-order valence-electron chi connectivity index (χ2n) is 5.20. The minimum atomic E-state index is -1.37. The fourth-order valence-corrected chi connectivity index (χ4v) is 2.98. The Labute approximate surface area is 89.7 Å². The van der Waals surface area contributed by atoms with Gasteiger partial charge in [-0.2, -0.15) is 0 Å². The Hall–Kier alpha value is -0.243. The summed E-state index contributed by atoms with van der Waals surface area (Å²) in [5.41, 5.74) is 1.61. The normalized spacial score (nSPS) is 18.6. The summed E-state index contributed by atoms with van der Waals surface area (Å²) in [6.07, 6.45) is 7.68. The van der Waals surface area contributed by atoms with E-state index >= 15 is 0 Å². The van der Waals surface area contributed by atoms with Crippen LogP contribution in [0.1, 0.15) is 45.4 Å². The number of rotatable bonds is 4. The van der Waals surface area contributed by atoms with Crippen molar-refractivity contribution in [1.82, 2.24) is 0 Å². The first-order valence-corrected chi connectivity index (χ1v) is 9.33. The molecule has 0 bridgehead atoms. The largest absolute Gasteiger partial charge is 0.547 e. The minimum absolute atomic E-state index is 1.19. The van der Waals surface area contributed by atoms with Gasteiger partial charge in [-0.3, -0.25) is 0 Å². The van der Waals surface area contributed by atoms with Crippen LogP contribution in [-0.4, -0.2) is 8.32 Å². The molecule has 0 unspecified atom stereocenters. The topological polar surface area (TPSA) is 9.23 Å². The van der Waals surface area contributed by atoms with Crippen LogP contribution in [0.2, 0.25) is 19.6 Å². The fourth-order valence-electron chi connectivity index (χ4n) is 2.00. The van der Waals surface area contributed by atoms with Crippen molar-refractivity contribution in [2.75, 3.05) is 0 Å². The van der Waals surface area contributed by atoms with Gasteiger partial charge in [0.15, 0.2) is 0 Å². The van der Waals surface area contributed by atoms with E-state index in [1.54, 1.807) is 5.57 Å². The van der Waals surface area contributed by atoms with E-state index in [0.717, 1.165) is 0 Å². The minimum Gasteiger partial charge on any atom is -0.547 e. The highest BCUT2D eigenvalue weighted by Crippen LogP contribution is 2.30. The molecule has 1 aliphatic rings. The standard InChI is InChI=1S/C12H24OSi/c1-5-8-11-9-6-7-10-12(11)13-14(2,3)4/h5-10H2,1-4H3. The highest BCUT2D eigenvalue weighted by atomic mass is 28.4. The van der Waals surface area contributed by atoms with E-state index in [1.165, 1.54) is 44.3 Å². The summed E-state index contributed by atoms with van der Waals surface area (Å²) in [7, 11) is -1.37. The molecule has 1 nitrogen and oxygen atoms in total. The zero-order valence-electron chi connectivity index (χ0n) is 10.2. The summed E-state index contributed by atoms with van der Waals surface area (Å²) in [5.74, 6) is 1.36. The Balaban J connectivity index is 2.68. The van der Waals surface area contributed by atoms with Crippen LogP contribution in [0, 0.1) is 0 Å². The molecule has 0 N–H and O–H groups in total. The summed E-state index contributed by atoms with van der Waals surface area (Å²) in [4.78, 5) is 0. The molecule has 82 valence electrons. The van der Waals surface area contributed by atoms with Gasteiger partial charge in [-0.25, -0.2) is 0 Å². The first kappa shape index (κ1) is 11.8. The van der Waals surface area contributed by atoms with Crippen molar-refractivity contribution in [2.24, 2.45) is 0 Å². The third kappa shape index (κ3) is 3.87. The third-order valence-corrected chi connectivity index (χ3v) is 3.37. The summed E-state index contributed by atoms with van der Waals surface area (Å²) in [6, 6.07) is 0. The smallest absolute Gasteiger partial charge is 0.241 e. The van der Waals surface area contributed by atoms with Crippen LogP contribution in [0.4, 0.5) is 0 Å². The van der Waals surface area contributed by atoms with Crippen LogP contribution in [0.25, 0.3) is 0 Å². The van der Waals surface area contributed by atoms with E-state index in [0.29, 0.717) is 0 Å². The average Bonchev–Trinajstić information content (AvgIpc) is 2.06. The zero-order chi connectivity index (χ0) is 10.6. The van der Waals surface area contributed by atoms with Crippen LogP contribution in [0.5, 0.6) is 0 Å². The third-order valence-electron chi connectivity index (χ3n) is 2.51. The Morgan fingerprint density at radius 1 is 1.14 bits per heavy atom. The number of allylic oxidation sites excluding steroid dienone is 2. The number of hydrogen-bond acceptors (Lipinski definition) is 1. The first-order chi connectivity index (χ1) is 6.53. The molecule has 0 atom stereocenters. The highest BCUT2D eigenvalue weighted by molar-refractivity contribution is 6.70. The van der Waals surface area contributed by atoms with Gasteiger partial charge in [0.25, 0.3) is 0 Å². The Morgan fingerprint density at radius 2 is 1.79 bits per heavy atom. The molecule has 0 heterocycles. The van der Waals surface area contributed by atoms with Gasteiger partial charge in [-0.15, -0.1) is 0 Å². The maximum atomic E-state index is 6.16. The summed E-state index contributed by atoms with van der Waals surface area (Å²) >= 11 is 0. The quantitative estimate of drug-likeness (QED) is 0.625. The molecule has 0 aromatic rings. The first-order valence-electron chi connectivity index (χ1n) is 5.93. The summed E-state index contributed by atoms with van der Waals surface area (Å²) in [5, 5.41) is 0.